The van der Waals surface area contributed by atoms with Crippen molar-refractivity contribution in [2.45, 2.75) is 31.2 Å². The van der Waals surface area contributed by atoms with Crippen LogP contribution < -0.4 is 24.8 Å². The van der Waals surface area contributed by atoms with Crippen LogP contribution in [-0.2, 0) is 21.4 Å². The van der Waals surface area contributed by atoms with E-state index in [9.17, 15) is 13.2 Å². The fraction of sp³-hybridized carbons (Fsp3) is 0.409. The van der Waals surface area contributed by atoms with Crippen LogP contribution in [-0.4, -0.2) is 51.7 Å². The van der Waals surface area contributed by atoms with Crippen molar-refractivity contribution in [2.75, 3.05) is 38.4 Å². The summed E-state index contributed by atoms with van der Waals surface area (Å²) < 4.78 is 43.8. The maximum atomic E-state index is 13.1. The molecule has 0 bridgehead atoms. The lowest BCUT2D eigenvalue weighted by molar-refractivity contribution is -0.119. The molecule has 0 radical (unpaired) electrons. The first-order chi connectivity index (χ1) is 15.5. The third kappa shape index (κ3) is 4.91. The summed E-state index contributed by atoms with van der Waals surface area (Å²) in [6.07, 6.45) is 1.70. The van der Waals surface area contributed by atoms with Crippen LogP contribution in [0.4, 0.5) is 5.69 Å². The van der Waals surface area contributed by atoms with Crippen LogP contribution in [0.25, 0.3) is 0 Å². The Kier molecular flexibility index (Phi) is 6.71. The number of hydrogen-bond acceptors (Lipinski definition) is 7. The molecule has 0 aromatic heterocycles. The number of rotatable bonds is 9. The minimum Gasteiger partial charge on any atom is -0.492 e. The van der Waals surface area contributed by atoms with Crippen molar-refractivity contribution >= 4 is 21.6 Å². The third-order valence-electron chi connectivity index (χ3n) is 5.31. The molecule has 1 amide bonds. The van der Waals surface area contributed by atoms with E-state index in [0.29, 0.717) is 49.2 Å². The molecule has 0 unspecified atom stereocenters. The lowest BCUT2D eigenvalue weighted by Gasteiger charge is -2.19. The highest BCUT2D eigenvalue weighted by Gasteiger charge is 2.30. The van der Waals surface area contributed by atoms with E-state index >= 15 is 0 Å². The predicted octanol–water partition coefficient (Wildman–Crippen LogP) is 2.33. The van der Waals surface area contributed by atoms with E-state index < -0.39 is 10.0 Å². The standard InChI is InChI=1S/C22H27N3O6S/c1-2-29-19-8-6-17(12-21(19)32(27,28)25-9-3-4-10-25)23-14-22(26)24-13-16-5-7-18-20(11-16)31-15-30-18/h5-8,11-12,23H,2-4,9-10,13-15H2,1H3,(H,24,26). The Morgan fingerprint density at radius 1 is 1.09 bits per heavy atom. The summed E-state index contributed by atoms with van der Waals surface area (Å²) in [5.74, 6) is 1.45. The van der Waals surface area contributed by atoms with E-state index in [1.807, 2.05) is 25.1 Å². The molecule has 0 saturated carbocycles. The Hall–Kier alpha value is -2.98. The SMILES string of the molecule is CCOc1ccc(NCC(=O)NCc2ccc3c(c2)OCO3)cc1S(=O)(=O)N1CCCC1. The molecule has 0 atom stereocenters. The number of benzene rings is 2. The molecule has 4 rings (SSSR count). The van der Waals surface area contributed by atoms with Gasteiger partial charge in [-0.3, -0.25) is 4.79 Å². The van der Waals surface area contributed by atoms with Crippen molar-refractivity contribution in [2.24, 2.45) is 0 Å². The molecule has 1 saturated heterocycles. The maximum absolute atomic E-state index is 13.1. The zero-order valence-electron chi connectivity index (χ0n) is 17.9. The molecule has 9 nitrogen and oxygen atoms in total. The molecule has 2 aromatic rings. The Balaban J connectivity index is 1.38. The number of sulfonamides is 1. The molecule has 1 fully saturated rings. The van der Waals surface area contributed by atoms with Gasteiger partial charge in [-0.05, 0) is 55.7 Å². The molecule has 2 aromatic carbocycles. The first-order valence-electron chi connectivity index (χ1n) is 10.6. The first kappa shape index (κ1) is 22.2. The number of carbonyl (C=O) groups is 1. The second-order valence-corrected chi connectivity index (χ2v) is 9.43. The lowest BCUT2D eigenvalue weighted by atomic mass is 10.2. The smallest absolute Gasteiger partial charge is 0.246 e. The van der Waals surface area contributed by atoms with Gasteiger partial charge >= 0.3 is 0 Å². The Labute approximate surface area is 187 Å². The van der Waals surface area contributed by atoms with Gasteiger partial charge in [0.25, 0.3) is 0 Å². The second-order valence-electron chi connectivity index (χ2n) is 7.52. The van der Waals surface area contributed by atoms with E-state index in [-0.39, 0.29) is 24.1 Å². The van der Waals surface area contributed by atoms with Crippen molar-refractivity contribution in [3.63, 3.8) is 0 Å². The van der Waals surface area contributed by atoms with Crippen LogP contribution in [0.1, 0.15) is 25.3 Å². The zero-order valence-corrected chi connectivity index (χ0v) is 18.7. The van der Waals surface area contributed by atoms with Crippen molar-refractivity contribution < 1.29 is 27.4 Å². The molecular weight excluding hydrogens is 434 g/mol. The Bertz CT molecular complexity index is 1080. The molecule has 2 heterocycles. The molecule has 2 aliphatic heterocycles. The van der Waals surface area contributed by atoms with Crippen molar-refractivity contribution in [1.82, 2.24) is 9.62 Å². The van der Waals surface area contributed by atoms with Gasteiger partial charge in [-0.1, -0.05) is 6.07 Å². The summed E-state index contributed by atoms with van der Waals surface area (Å²) >= 11 is 0. The summed E-state index contributed by atoms with van der Waals surface area (Å²) in [5.41, 5.74) is 1.42. The van der Waals surface area contributed by atoms with Crippen LogP contribution >= 0.6 is 0 Å². The minimum atomic E-state index is -3.66. The van der Waals surface area contributed by atoms with Gasteiger partial charge in [0.15, 0.2) is 11.5 Å². The molecular formula is C22H27N3O6S. The Morgan fingerprint density at radius 2 is 1.88 bits per heavy atom. The van der Waals surface area contributed by atoms with Gasteiger partial charge < -0.3 is 24.8 Å². The van der Waals surface area contributed by atoms with Crippen LogP contribution in [0, 0.1) is 0 Å². The van der Waals surface area contributed by atoms with Gasteiger partial charge in [0.1, 0.15) is 10.6 Å². The van der Waals surface area contributed by atoms with Gasteiger partial charge in [-0.25, -0.2) is 8.42 Å². The Morgan fingerprint density at radius 3 is 2.66 bits per heavy atom. The summed E-state index contributed by atoms with van der Waals surface area (Å²) in [5, 5.41) is 5.83. The third-order valence-corrected chi connectivity index (χ3v) is 7.23. The largest absolute Gasteiger partial charge is 0.492 e. The summed E-state index contributed by atoms with van der Waals surface area (Å²) in [4.78, 5) is 12.4. The number of carbonyl (C=O) groups excluding carboxylic acids is 1. The molecule has 2 aliphatic rings. The lowest BCUT2D eigenvalue weighted by Crippen LogP contribution is -2.30. The second kappa shape index (κ2) is 9.66. The highest BCUT2D eigenvalue weighted by molar-refractivity contribution is 7.89. The number of nitrogens with zero attached hydrogens (tertiary/aromatic N) is 1. The van der Waals surface area contributed by atoms with Crippen LogP contribution in [0.5, 0.6) is 17.2 Å². The van der Waals surface area contributed by atoms with Crippen LogP contribution in [0.15, 0.2) is 41.3 Å². The molecule has 172 valence electrons. The van der Waals surface area contributed by atoms with Crippen molar-refractivity contribution in [3.05, 3.63) is 42.0 Å². The fourth-order valence-electron chi connectivity index (χ4n) is 3.66. The van der Waals surface area contributed by atoms with Crippen molar-refractivity contribution in [1.29, 1.82) is 0 Å². The predicted molar refractivity (Wildman–Crippen MR) is 119 cm³/mol. The molecule has 2 N–H and O–H groups in total. The monoisotopic (exact) mass is 461 g/mol. The molecule has 32 heavy (non-hydrogen) atoms. The van der Waals surface area contributed by atoms with Gasteiger partial charge in [-0.2, -0.15) is 4.31 Å². The topological polar surface area (TPSA) is 106 Å². The fourth-order valence-corrected chi connectivity index (χ4v) is 5.33. The number of fused-ring (bicyclic) bond motifs is 1. The summed E-state index contributed by atoms with van der Waals surface area (Å²) in [6.45, 7) is 3.73. The van der Waals surface area contributed by atoms with E-state index in [0.717, 1.165) is 18.4 Å². The van der Waals surface area contributed by atoms with E-state index in [1.54, 1.807) is 12.1 Å². The van der Waals surface area contributed by atoms with E-state index in [1.165, 1.54) is 10.4 Å². The van der Waals surface area contributed by atoms with Gasteiger partial charge in [0.05, 0.1) is 13.2 Å². The zero-order chi connectivity index (χ0) is 22.6. The molecule has 10 heteroatoms. The first-order valence-corrected chi connectivity index (χ1v) is 12.1. The number of hydrogen-bond donors (Lipinski definition) is 2. The molecule has 0 aliphatic carbocycles. The van der Waals surface area contributed by atoms with Crippen LogP contribution in [0.2, 0.25) is 0 Å². The summed E-state index contributed by atoms with van der Waals surface area (Å²) in [6, 6.07) is 10.4. The minimum absolute atomic E-state index is 0.00172. The number of nitrogens with one attached hydrogen (secondary N) is 2. The number of anilines is 1. The van der Waals surface area contributed by atoms with Crippen LogP contribution in [0.3, 0.4) is 0 Å². The van der Waals surface area contributed by atoms with E-state index in [4.69, 9.17) is 14.2 Å². The maximum Gasteiger partial charge on any atom is 0.246 e. The average Bonchev–Trinajstić information content (AvgIpc) is 3.49. The van der Waals surface area contributed by atoms with Crippen molar-refractivity contribution in [3.8, 4) is 17.2 Å². The van der Waals surface area contributed by atoms with Gasteiger partial charge in [0.2, 0.25) is 22.7 Å². The van der Waals surface area contributed by atoms with Gasteiger partial charge in [0, 0.05) is 25.3 Å². The molecule has 0 spiro atoms. The average molecular weight is 462 g/mol. The number of amides is 1. The van der Waals surface area contributed by atoms with Gasteiger partial charge in [-0.15, -0.1) is 0 Å². The quantitative estimate of drug-likeness (QED) is 0.590. The number of ether oxygens (including phenoxy) is 3. The van der Waals surface area contributed by atoms with E-state index in [2.05, 4.69) is 10.6 Å². The normalized spacial score (nSPS) is 15.5. The summed E-state index contributed by atoms with van der Waals surface area (Å²) in [7, 11) is -3.66. The highest BCUT2D eigenvalue weighted by atomic mass is 32.2. The highest BCUT2D eigenvalue weighted by Crippen LogP contribution is 2.33.